The van der Waals surface area contributed by atoms with Crippen LogP contribution in [-0.2, 0) is 33.4 Å². The topological polar surface area (TPSA) is 160 Å². The molecule has 1 rings (SSSR count). The van der Waals surface area contributed by atoms with Gasteiger partial charge >= 0.3 is 17.9 Å². The highest BCUT2D eigenvalue weighted by Crippen LogP contribution is 2.19. The molecule has 0 amide bonds. The second-order valence-corrected chi connectivity index (χ2v) is 19.9. The van der Waals surface area contributed by atoms with E-state index >= 15 is 0 Å². The molecule has 0 bridgehead atoms. The van der Waals surface area contributed by atoms with Crippen molar-refractivity contribution in [1.82, 2.24) is 0 Å². The van der Waals surface area contributed by atoms with Gasteiger partial charge in [0.05, 0.1) is 26.4 Å². The number of carboxylic acids is 1. The predicted molar refractivity (Wildman–Crippen MR) is 314 cm³/mol. The van der Waals surface area contributed by atoms with Crippen molar-refractivity contribution in [3.05, 3.63) is 0 Å². The van der Waals surface area contributed by atoms with Crippen LogP contribution in [0.15, 0.2) is 0 Å². The van der Waals surface area contributed by atoms with Gasteiger partial charge in [0.1, 0.15) is 18.6 Å². The molecule has 3 atom stereocenters. The molecule has 1 heterocycles. The Morgan fingerprint density at radius 1 is 0.493 bits per heavy atom. The molecule has 0 aromatic heterocycles. The molecular weight excluding hydrogens is 917 g/mol. The number of unbranched alkanes of at least 4 members (excludes halogenated alkanes) is 30. The third-order valence-electron chi connectivity index (χ3n) is 12.5. The first-order valence-corrected chi connectivity index (χ1v) is 31.2. The smallest absolute Gasteiger partial charge is 0.316 e. The van der Waals surface area contributed by atoms with Crippen molar-refractivity contribution in [1.29, 1.82) is 0 Å². The lowest BCUT2D eigenvalue weighted by Gasteiger charge is -2.13. The van der Waals surface area contributed by atoms with Crippen LogP contribution in [-0.4, -0.2) is 78.7 Å². The summed E-state index contributed by atoms with van der Waals surface area (Å²) in [6, 6.07) is 0. The fourth-order valence-corrected chi connectivity index (χ4v) is 7.63. The molecule has 1 saturated heterocycles. The number of aliphatic hydroxyl groups excluding tert-OH is 2. The van der Waals surface area contributed by atoms with Gasteiger partial charge in [0, 0.05) is 19.6 Å². The molecule has 0 saturated carbocycles. The second kappa shape index (κ2) is 76.5. The van der Waals surface area contributed by atoms with Crippen LogP contribution < -0.4 is 0 Å². The number of Topliss-reactive ketones (excluding diaryl/α,β-unsaturated/α-hetero) is 1. The minimum atomic E-state index is -1.17. The lowest BCUT2D eigenvalue weighted by Crippen LogP contribution is -2.15. The van der Waals surface area contributed by atoms with Crippen molar-refractivity contribution in [3.8, 4) is 0 Å². The molecule has 3 N–H and O–H groups in total. The second-order valence-electron chi connectivity index (χ2n) is 19.9. The normalized spacial score (nSPS) is 12.6. The third kappa shape index (κ3) is 89.9. The van der Waals surface area contributed by atoms with E-state index in [1.165, 1.54) is 225 Å². The molecule has 1 aliphatic heterocycles. The summed E-state index contributed by atoms with van der Waals surface area (Å²) in [7, 11) is 1.14. The van der Waals surface area contributed by atoms with Crippen LogP contribution in [0.3, 0.4) is 0 Å². The highest BCUT2D eigenvalue weighted by atomic mass is 16.6. The van der Waals surface area contributed by atoms with Crippen molar-refractivity contribution >= 4 is 23.7 Å². The summed E-state index contributed by atoms with van der Waals surface area (Å²) in [4.78, 5) is 42.2. The Hall–Kier alpha value is -2.04. The molecular formula is C63H130O10. The number of aliphatic hydroxyl groups is 2. The number of esters is 2. The van der Waals surface area contributed by atoms with E-state index in [0.717, 1.165) is 26.6 Å². The van der Waals surface area contributed by atoms with E-state index in [1.807, 2.05) is 27.7 Å². The molecule has 10 nitrogen and oxygen atoms in total. The number of aliphatic carboxylic acids is 1. The Morgan fingerprint density at radius 2 is 0.795 bits per heavy atom. The summed E-state index contributed by atoms with van der Waals surface area (Å²) in [5.74, 6) is -1.34. The van der Waals surface area contributed by atoms with Gasteiger partial charge in [-0.05, 0) is 44.4 Å². The molecule has 3 unspecified atom stereocenters. The number of carboxylic acid groups (broad SMARTS) is 1. The van der Waals surface area contributed by atoms with Gasteiger partial charge in [-0.3, -0.25) is 19.2 Å². The average molecular weight is 1050 g/mol. The molecule has 0 aliphatic carbocycles. The van der Waals surface area contributed by atoms with Crippen molar-refractivity contribution in [2.75, 3.05) is 33.5 Å². The van der Waals surface area contributed by atoms with Crippen molar-refractivity contribution in [2.24, 2.45) is 11.8 Å². The summed E-state index contributed by atoms with van der Waals surface area (Å²) >= 11 is 0. The van der Waals surface area contributed by atoms with E-state index in [9.17, 15) is 24.3 Å². The Bertz CT molecular complexity index is 1020. The molecule has 0 aromatic rings. The van der Waals surface area contributed by atoms with Crippen LogP contribution in [0.5, 0.6) is 0 Å². The van der Waals surface area contributed by atoms with Crippen molar-refractivity contribution < 1.29 is 48.7 Å². The van der Waals surface area contributed by atoms with Gasteiger partial charge in [-0.15, -0.1) is 0 Å². The zero-order valence-electron chi connectivity index (χ0n) is 51.0. The zero-order chi connectivity index (χ0) is 56.3. The van der Waals surface area contributed by atoms with E-state index in [2.05, 4.69) is 46.3 Å². The minimum Gasteiger partial charge on any atom is -0.481 e. The van der Waals surface area contributed by atoms with Crippen molar-refractivity contribution in [2.45, 2.75) is 339 Å². The van der Waals surface area contributed by atoms with E-state index in [1.54, 1.807) is 6.92 Å². The molecule has 0 aromatic carbocycles. The monoisotopic (exact) mass is 1050 g/mol. The number of rotatable bonds is 45. The molecule has 73 heavy (non-hydrogen) atoms. The van der Waals surface area contributed by atoms with Gasteiger partial charge in [0.25, 0.3) is 0 Å². The van der Waals surface area contributed by atoms with Gasteiger partial charge in [-0.2, -0.15) is 0 Å². The largest absolute Gasteiger partial charge is 0.481 e. The maximum Gasteiger partial charge on any atom is 0.316 e. The Morgan fingerprint density at radius 3 is 1.04 bits per heavy atom. The average Bonchev–Trinajstić information content (AvgIpc) is 4.20. The first-order chi connectivity index (χ1) is 35.4. The first kappa shape index (κ1) is 82.3. The number of hydrogen-bond donors (Lipinski definition) is 3. The van der Waals surface area contributed by atoms with Gasteiger partial charge in [0.2, 0.25) is 0 Å². The summed E-state index contributed by atoms with van der Waals surface area (Å²) in [5.41, 5.74) is 0. The van der Waals surface area contributed by atoms with E-state index in [0.29, 0.717) is 44.2 Å². The maximum atomic E-state index is 11.4. The molecule has 1 fully saturated rings. The number of hydrogen-bond acceptors (Lipinski definition) is 9. The lowest BCUT2D eigenvalue weighted by molar-refractivity contribution is -0.150. The van der Waals surface area contributed by atoms with Crippen LogP contribution in [0, 0.1) is 11.8 Å². The zero-order valence-corrected chi connectivity index (χ0v) is 51.0. The van der Waals surface area contributed by atoms with Crippen LogP contribution >= 0.6 is 0 Å². The van der Waals surface area contributed by atoms with E-state index in [-0.39, 0.29) is 18.2 Å². The lowest BCUT2D eigenvalue weighted by atomic mass is 9.95. The SMILES string of the molecule is CC.CC.CC1CO1.CCCCCCCCCCC(C)COC(=O)CC(=O)CC.CCCCCCCCCCC(CO)CCCCCCCC.CCCCCCCCCCCCCCO.COC(=O)CC(=O)O. The standard InChI is InChI=1S/C20H42O.C18H34O3.C14H30O.C4H6O4.C3H6O.2C2H6/c1-3-5-7-9-11-12-14-16-18-20(19-21)17-15-13-10-8-6-4-2;1-4-6-7-8-9-10-11-12-13-16(3)15-21-18(20)14-17(19)5-2;1-2-3-4-5-6-7-8-9-10-11-12-13-14-15;1-8-4(7)2-3(5)6;1-3-2-4-3;2*1-2/h20-21H,3-19H2,1-2H3;16H,4-15H2,1-3H3;15H,2-14H2,1H3;2H2,1H3,(H,5,6);3H,2H2,1H3;2*1-2H3. The molecule has 0 radical (unpaired) electrons. The third-order valence-corrected chi connectivity index (χ3v) is 12.5. The molecule has 10 heteroatoms. The Kier molecular flexibility index (Phi) is 86.2. The summed E-state index contributed by atoms with van der Waals surface area (Å²) < 4.78 is 13.9. The Labute approximate surface area is 455 Å². The highest BCUT2D eigenvalue weighted by molar-refractivity contribution is 5.95. The quantitative estimate of drug-likeness (QED) is 0.0232. The first-order valence-electron chi connectivity index (χ1n) is 31.2. The van der Waals surface area contributed by atoms with Crippen LogP contribution in [0.1, 0.15) is 333 Å². The van der Waals surface area contributed by atoms with Gasteiger partial charge in [0.15, 0.2) is 0 Å². The predicted octanol–water partition coefficient (Wildman–Crippen LogP) is 18.7. The van der Waals surface area contributed by atoms with Crippen LogP contribution in [0.2, 0.25) is 0 Å². The van der Waals surface area contributed by atoms with Crippen molar-refractivity contribution in [3.63, 3.8) is 0 Å². The molecule has 442 valence electrons. The summed E-state index contributed by atoms with van der Waals surface area (Å²) in [6.07, 6.45) is 50.1. The maximum absolute atomic E-state index is 11.4. The number of ketones is 1. The van der Waals surface area contributed by atoms with Gasteiger partial charge in [-0.1, -0.05) is 281 Å². The number of carbonyl (C=O) groups excluding carboxylic acids is 3. The summed E-state index contributed by atoms with van der Waals surface area (Å²) in [6.45, 7) is 25.2. The van der Waals surface area contributed by atoms with Crippen LogP contribution in [0.25, 0.3) is 0 Å². The number of epoxide rings is 1. The van der Waals surface area contributed by atoms with E-state index in [4.69, 9.17) is 19.7 Å². The Balaban J connectivity index is -0.000000202. The number of methoxy groups -OCH3 is 1. The highest BCUT2D eigenvalue weighted by Gasteiger charge is 2.13. The number of carbonyl (C=O) groups is 4. The van der Waals surface area contributed by atoms with E-state index < -0.39 is 18.4 Å². The molecule has 1 aliphatic rings. The van der Waals surface area contributed by atoms with Gasteiger partial charge in [-0.25, -0.2) is 0 Å². The molecule has 0 spiro atoms. The fraction of sp³-hybridized carbons (Fsp3) is 0.937. The van der Waals surface area contributed by atoms with Crippen LogP contribution in [0.4, 0.5) is 0 Å². The summed E-state index contributed by atoms with van der Waals surface area (Å²) in [5, 5.41) is 26.0. The minimum absolute atomic E-state index is 0.0456. The fourth-order valence-electron chi connectivity index (χ4n) is 7.63. The number of ether oxygens (including phenoxy) is 3. The van der Waals surface area contributed by atoms with Gasteiger partial charge < -0.3 is 29.5 Å².